The molecule has 0 radical (unpaired) electrons. The van der Waals surface area contributed by atoms with E-state index in [1.165, 1.54) is 17.3 Å². The summed E-state index contributed by atoms with van der Waals surface area (Å²) in [6.45, 7) is 2.48. The molecule has 25 heavy (non-hydrogen) atoms. The highest BCUT2D eigenvalue weighted by Gasteiger charge is 2.17. The highest BCUT2D eigenvalue weighted by Crippen LogP contribution is 2.22. The molecule has 1 aromatic heterocycles. The second-order valence-electron chi connectivity index (χ2n) is 5.62. The molecule has 6 heteroatoms. The van der Waals surface area contributed by atoms with E-state index in [2.05, 4.69) is 32.6 Å². The molecule has 0 spiro atoms. The molecule has 5 nitrogen and oxygen atoms in total. The minimum atomic E-state index is -0.254. The van der Waals surface area contributed by atoms with Crippen LogP contribution in [0.25, 0.3) is 11.4 Å². The Kier molecular flexibility index (Phi) is 5.85. The first-order valence-electron chi connectivity index (χ1n) is 8.18. The van der Waals surface area contributed by atoms with Gasteiger partial charge in [0.2, 0.25) is 11.1 Å². The molecule has 0 saturated carbocycles. The predicted octanol–water partition coefficient (Wildman–Crippen LogP) is 3.31. The number of hydrogen-bond acceptors (Lipinski definition) is 4. The summed E-state index contributed by atoms with van der Waals surface area (Å²) in [7, 11) is 0. The van der Waals surface area contributed by atoms with Crippen molar-refractivity contribution in [3.8, 4) is 11.4 Å². The van der Waals surface area contributed by atoms with E-state index in [4.69, 9.17) is 0 Å². The Balaban J connectivity index is 1.49. The van der Waals surface area contributed by atoms with Crippen LogP contribution in [0.2, 0.25) is 0 Å². The van der Waals surface area contributed by atoms with Gasteiger partial charge in [0.05, 0.1) is 5.25 Å². The zero-order chi connectivity index (χ0) is 17.5. The van der Waals surface area contributed by atoms with Crippen molar-refractivity contribution in [3.63, 3.8) is 0 Å². The molecule has 1 atom stereocenters. The number of thioether (sulfide) groups is 1. The van der Waals surface area contributed by atoms with E-state index in [0.717, 1.165) is 12.0 Å². The average Bonchev–Trinajstić information content (AvgIpc) is 3.12. The Labute approximate surface area is 151 Å². The normalized spacial score (nSPS) is 11.9. The monoisotopic (exact) mass is 352 g/mol. The largest absolute Gasteiger partial charge is 0.355 e. The van der Waals surface area contributed by atoms with E-state index in [1.807, 2.05) is 55.5 Å². The van der Waals surface area contributed by atoms with Gasteiger partial charge in [0.1, 0.15) is 0 Å². The van der Waals surface area contributed by atoms with Crippen molar-refractivity contribution in [2.75, 3.05) is 6.54 Å². The fraction of sp³-hybridized carbons (Fsp3) is 0.211. The van der Waals surface area contributed by atoms with Gasteiger partial charge in [-0.25, -0.2) is 4.98 Å². The van der Waals surface area contributed by atoms with Crippen molar-refractivity contribution in [1.82, 2.24) is 20.5 Å². The molecule has 1 heterocycles. The van der Waals surface area contributed by atoms with Crippen LogP contribution in [0.15, 0.2) is 65.8 Å². The molecule has 0 fully saturated rings. The minimum Gasteiger partial charge on any atom is -0.355 e. The molecule has 3 aromatic rings. The Hall–Kier alpha value is -2.60. The number of carbonyl (C=O) groups excluding carboxylic acids is 1. The van der Waals surface area contributed by atoms with Crippen LogP contribution in [0.3, 0.4) is 0 Å². The van der Waals surface area contributed by atoms with Crippen LogP contribution in [-0.4, -0.2) is 32.9 Å². The van der Waals surface area contributed by atoms with Crippen LogP contribution in [0.4, 0.5) is 0 Å². The molecule has 1 amide bonds. The summed E-state index contributed by atoms with van der Waals surface area (Å²) in [6.07, 6.45) is 0.822. The minimum absolute atomic E-state index is 0.00741. The smallest absolute Gasteiger partial charge is 0.233 e. The number of benzene rings is 2. The fourth-order valence-corrected chi connectivity index (χ4v) is 3.10. The second kappa shape index (κ2) is 8.48. The Morgan fingerprint density at radius 2 is 1.80 bits per heavy atom. The number of rotatable bonds is 7. The SMILES string of the molecule is C[C@H](Sc1n[nH]c(-c2ccccc2)n1)C(=O)NCCc1ccccc1. The van der Waals surface area contributed by atoms with Gasteiger partial charge in [-0.05, 0) is 18.9 Å². The lowest BCUT2D eigenvalue weighted by molar-refractivity contribution is -0.120. The van der Waals surface area contributed by atoms with Crippen LogP contribution >= 0.6 is 11.8 Å². The highest BCUT2D eigenvalue weighted by atomic mass is 32.2. The number of aromatic amines is 1. The zero-order valence-corrected chi connectivity index (χ0v) is 14.8. The van der Waals surface area contributed by atoms with E-state index in [0.29, 0.717) is 17.5 Å². The van der Waals surface area contributed by atoms with Crippen molar-refractivity contribution in [1.29, 1.82) is 0 Å². The van der Waals surface area contributed by atoms with Gasteiger partial charge in [0.15, 0.2) is 5.82 Å². The van der Waals surface area contributed by atoms with Crippen LogP contribution in [0, 0.1) is 0 Å². The van der Waals surface area contributed by atoms with Gasteiger partial charge in [0.25, 0.3) is 0 Å². The summed E-state index contributed by atoms with van der Waals surface area (Å²) in [5.41, 5.74) is 2.19. The molecule has 128 valence electrons. The first-order chi connectivity index (χ1) is 12.2. The van der Waals surface area contributed by atoms with Crippen LogP contribution in [0.5, 0.6) is 0 Å². The molecule has 2 aromatic carbocycles. The standard InChI is InChI=1S/C19H20N4OS/c1-14(18(24)20-13-12-15-8-4-2-5-9-15)25-19-21-17(22-23-19)16-10-6-3-7-11-16/h2-11,14H,12-13H2,1H3,(H,20,24)(H,21,22,23)/t14-/m0/s1. The fourth-order valence-electron chi connectivity index (χ4n) is 2.35. The second-order valence-corrected chi connectivity index (χ2v) is 6.93. The first-order valence-corrected chi connectivity index (χ1v) is 9.06. The zero-order valence-electron chi connectivity index (χ0n) is 14.0. The summed E-state index contributed by atoms with van der Waals surface area (Å²) >= 11 is 1.35. The summed E-state index contributed by atoms with van der Waals surface area (Å²) in [6, 6.07) is 19.9. The van der Waals surface area contributed by atoms with Gasteiger partial charge in [-0.3, -0.25) is 9.89 Å². The van der Waals surface area contributed by atoms with E-state index < -0.39 is 0 Å². The van der Waals surface area contributed by atoms with Crippen LogP contribution in [-0.2, 0) is 11.2 Å². The molecule has 0 bridgehead atoms. The summed E-state index contributed by atoms with van der Waals surface area (Å²) in [5.74, 6) is 0.701. The molecule has 2 N–H and O–H groups in total. The maximum Gasteiger partial charge on any atom is 0.233 e. The van der Waals surface area contributed by atoms with E-state index >= 15 is 0 Å². The predicted molar refractivity (Wildman–Crippen MR) is 100 cm³/mol. The van der Waals surface area contributed by atoms with Crippen molar-refractivity contribution in [3.05, 3.63) is 66.2 Å². The summed E-state index contributed by atoms with van der Waals surface area (Å²) in [4.78, 5) is 16.7. The van der Waals surface area contributed by atoms with Gasteiger partial charge in [-0.1, -0.05) is 72.4 Å². The number of H-pyrrole nitrogens is 1. The van der Waals surface area contributed by atoms with Crippen LogP contribution in [0.1, 0.15) is 12.5 Å². The van der Waals surface area contributed by atoms with Crippen molar-refractivity contribution in [2.24, 2.45) is 0 Å². The molecular formula is C19H20N4OS. The third kappa shape index (κ3) is 4.93. The maximum absolute atomic E-state index is 12.2. The number of hydrogen-bond donors (Lipinski definition) is 2. The molecule has 0 aliphatic carbocycles. The molecule has 0 aliphatic heterocycles. The topological polar surface area (TPSA) is 70.7 Å². The van der Waals surface area contributed by atoms with Crippen molar-refractivity contribution in [2.45, 2.75) is 23.8 Å². The lowest BCUT2D eigenvalue weighted by Gasteiger charge is -2.10. The highest BCUT2D eigenvalue weighted by molar-refractivity contribution is 8.00. The van der Waals surface area contributed by atoms with Gasteiger partial charge in [0, 0.05) is 12.1 Å². The van der Waals surface area contributed by atoms with Gasteiger partial charge < -0.3 is 5.32 Å². The van der Waals surface area contributed by atoms with Crippen LogP contribution < -0.4 is 5.32 Å². The van der Waals surface area contributed by atoms with E-state index in [1.54, 1.807) is 0 Å². The lowest BCUT2D eigenvalue weighted by atomic mass is 10.1. The summed E-state index contributed by atoms with van der Waals surface area (Å²) in [5, 5.41) is 10.4. The quantitative estimate of drug-likeness (QED) is 0.640. The maximum atomic E-state index is 12.2. The Bertz CT molecular complexity index is 805. The third-order valence-electron chi connectivity index (χ3n) is 3.72. The molecule has 0 unspecified atom stereocenters. The average molecular weight is 352 g/mol. The molecule has 3 rings (SSSR count). The Morgan fingerprint density at radius 3 is 2.52 bits per heavy atom. The van der Waals surface area contributed by atoms with Gasteiger partial charge in [-0.2, -0.15) is 0 Å². The van der Waals surface area contributed by atoms with E-state index in [9.17, 15) is 4.79 Å². The van der Waals surface area contributed by atoms with Gasteiger partial charge >= 0.3 is 0 Å². The van der Waals surface area contributed by atoms with Crippen molar-refractivity contribution < 1.29 is 4.79 Å². The van der Waals surface area contributed by atoms with Crippen molar-refractivity contribution >= 4 is 17.7 Å². The summed E-state index contributed by atoms with van der Waals surface area (Å²) < 4.78 is 0. The lowest BCUT2D eigenvalue weighted by Crippen LogP contribution is -2.32. The number of nitrogens with zero attached hydrogens (tertiary/aromatic N) is 2. The Morgan fingerprint density at radius 1 is 1.12 bits per heavy atom. The number of aromatic nitrogens is 3. The third-order valence-corrected chi connectivity index (χ3v) is 4.68. The first kappa shape index (κ1) is 17.2. The molecule has 0 aliphatic rings. The van der Waals surface area contributed by atoms with Gasteiger partial charge in [-0.15, -0.1) is 5.10 Å². The number of amides is 1. The number of nitrogens with one attached hydrogen (secondary N) is 2. The van der Waals surface area contributed by atoms with E-state index in [-0.39, 0.29) is 11.2 Å². The molecular weight excluding hydrogens is 332 g/mol. The molecule has 0 saturated heterocycles. The number of carbonyl (C=O) groups is 1.